The minimum absolute atomic E-state index is 0.170. The molecular weight excluding hydrogens is 359 g/mol. The Kier molecular flexibility index (Phi) is 4.83. The molecule has 1 heterocycles. The van der Waals surface area contributed by atoms with E-state index in [1.54, 1.807) is 0 Å². The summed E-state index contributed by atoms with van der Waals surface area (Å²) in [5.41, 5.74) is 1.88. The monoisotopic (exact) mass is 372 g/mol. The molecule has 0 radical (unpaired) electrons. The number of halogens is 2. The van der Waals surface area contributed by atoms with Gasteiger partial charge in [0.25, 0.3) is 0 Å². The molecule has 6 heteroatoms. The third-order valence-corrected chi connectivity index (χ3v) is 3.68. The molecule has 0 atom stereocenters. The van der Waals surface area contributed by atoms with Gasteiger partial charge in [-0.2, -0.15) is 4.98 Å². The minimum atomic E-state index is -0.484. The van der Waals surface area contributed by atoms with E-state index in [0.29, 0.717) is 12.5 Å². The Morgan fingerprint density at radius 1 is 1.00 bits per heavy atom. The van der Waals surface area contributed by atoms with Crippen molar-refractivity contribution in [2.24, 2.45) is 0 Å². The molecule has 2 aromatic carbocycles. The molecule has 0 aliphatic carbocycles. The summed E-state index contributed by atoms with van der Waals surface area (Å²) < 4.78 is 14.8. The Bertz CT molecular complexity index is 778. The standard InChI is InChI=1S/C17H14BrFN4/c18-13-6-8-14(9-7-13)22-17-21-11-15(19)16(23-17)20-10-12-4-2-1-3-5-12/h1-9,11H,10H2,(H2,20,21,22,23). The molecule has 23 heavy (non-hydrogen) atoms. The lowest BCUT2D eigenvalue weighted by Crippen LogP contribution is -2.06. The van der Waals surface area contributed by atoms with Crippen LogP contribution in [0.25, 0.3) is 0 Å². The lowest BCUT2D eigenvalue weighted by atomic mass is 10.2. The second-order valence-electron chi connectivity index (χ2n) is 4.86. The van der Waals surface area contributed by atoms with E-state index in [1.165, 1.54) is 0 Å². The molecule has 0 saturated carbocycles. The highest BCUT2D eigenvalue weighted by atomic mass is 79.9. The van der Waals surface area contributed by atoms with Crippen molar-refractivity contribution in [3.05, 3.63) is 76.6 Å². The first-order chi connectivity index (χ1) is 11.2. The molecule has 0 amide bonds. The number of benzene rings is 2. The predicted octanol–water partition coefficient (Wildman–Crippen LogP) is 4.73. The number of nitrogens with one attached hydrogen (secondary N) is 2. The first-order valence-electron chi connectivity index (χ1n) is 7.03. The van der Waals surface area contributed by atoms with E-state index in [9.17, 15) is 4.39 Å². The van der Waals surface area contributed by atoms with Crippen molar-refractivity contribution in [3.63, 3.8) is 0 Å². The van der Waals surface area contributed by atoms with Crippen molar-refractivity contribution in [2.45, 2.75) is 6.54 Å². The Balaban J connectivity index is 1.72. The number of anilines is 3. The van der Waals surface area contributed by atoms with Crippen molar-refractivity contribution >= 4 is 33.4 Å². The number of nitrogens with zero attached hydrogens (tertiary/aromatic N) is 2. The molecule has 0 saturated heterocycles. The van der Waals surface area contributed by atoms with Crippen LogP contribution >= 0.6 is 15.9 Å². The smallest absolute Gasteiger partial charge is 0.229 e. The molecule has 0 unspecified atom stereocenters. The van der Waals surface area contributed by atoms with Gasteiger partial charge in [-0.25, -0.2) is 9.37 Å². The molecule has 0 fully saturated rings. The quantitative estimate of drug-likeness (QED) is 0.679. The van der Waals surface area contributed by atoms with Gasteiger partial charge < -0.3 is 10.6 Å². The maximum absolute atomic E-state index is 13.8. The predicted molar refractivity (Wildman–Crippen MR) is 93.2 cm³/mol. The summed E-state index contributed by atoms with van der Waals surface area (Å²) in [7, 11) is 0. The van der Waals surface area contributed by atoms with E-state index in [2.05, 4.69) is 36.5 Å². The van der Waals surface area contributed by atoms with Crippen molar-refractivity contribution < 1.29 is 4.39 Å². The summed E-state index contributed by atoms with van der Waals surface area (Å²) >= 11 is 3.38. The fourth-order valence-electron chi connectivity index (χ4n) is 2.00. The molecule has 1 aromatic heterocycles. The highest BCUT2D eigenvalue weighted by molar-refractivity contribution is 9.10. The topological polar surface area (TPSA) is 49.8 Å². The van der Waals surface area contributed by atoms with E-state index < -0.39 is 5.82 Å². The van der Waals surface area contributed by atoms with E-state index in [0.717, 1.165) is 21.9 Å². The second kappa shape index (κ2) is 7.19. The van der Waals surface area contributed by atoms with Gasteiger partial charge >= 0.3 is 0 Å². The van der Waals surface area contributed by atoms with E-state index in [4.69, 9.17) is 0 Å². The molecule has 3 aromatic rings. The Labute approximate surface area is 141 Å². The van der Waals surface area contributed by atoms with Crippen LogP contribution in [0, 0.1) is 5.82 Å². The van der Waals surface area contributed by atoms with Crippen LogP contribution < -0.4 is 10.6 Å². The third-order valence-electron chi connectivity index (χ3n) is 3.15. The Morgan fingerprint density at radius 2 is 1.74 bits per heavy atom. The number of aromatic nitrogens is 2. The van der Waals surface area contributed by atoms with Gasteiger partial charge in [0.2, 0.25) is 5.95 Å². The molecule has 116 valence electrons. The first-order valence-corrected chi connectivity index (χ1v) is 7.83. The van der Waals surface area contributed by atoms with Gasteiger partial charge in [-0.15, -0.1) is 0 Å². The Morgan fingerprint density at radius 3 is 2.48 bits per heavy atom. The summed E-state index contributed by atoms with van der Waals surface area (Å²) in [5, 5.41) is 6.04. The number of rotatable bonds is 5. The van der Waals surface area contributed by atoms with Gasteiger partial charge in [0, 0.05) is 16.7 Å². The van der Waals surface area contributed by atoms with Crippen LogP contribution in [-0.4, -0.2) is 9.97 Å². The molecular formula is C17H14BrFN4. The first kappa shape index (κ1) is 15.4. The van der Waals surface area contributed by atoms with Crippen molar-refractivity contribution in [1.82, 2.24) is 9.97 Å². The average molecular weight is 373 g/mol. The van der Waals surface area contributed by atoms with Crippen molar-refractivity contribution in [3.8, 4) is 0 Å². The third kappa shape index (κ3) is 4.26. The van der Waals surface area contributed by atoms with Crippen LogP contribution in [0.4, 0.5) is 21.8 Å². The van der Waals surface area contributed by atoms with Crippen LogP contribution in [0.2, 0.25) is 0 Å². The van der Waals surface area contributed by atoms with Crippen LogP contribution in [0.1, 0.15) is 5.56 Å². The molecule has 0 bridgehead atoms. The lowest BCUT2D eigenvalue weighted by molar-refractivity contribution is 0.617. The summed E-state index contributed by atoms with van der Waals surface area (Å²) in [6.45, 7) is 0.493. The van der Waals surface area contributed by atoms with Gasteiger partial charge in [0.15, 0.2) is 11.6 Å². The zero-order valence-corrected chi connectivity index (χ0v) is 13.7. The van der Waals surface area contributed by atoms with Crippen LogP contribution in [0.3, 0.4) is 0 Å². The van der Waals surface area contributed by atoms with Gasteiger partial charge in [-0.3, -0.25) is 0 Å². The average Bonchev–Trinajstić information content (AvgIpc) is 2.58. The minimum Gasteiger partial charge on any atom is -0.363 e. The zero-order chi connectivity index (χ0) is 16.1. The largest absolute Gasteiger partial charge is 0.363 e. The maximum Gasteiger partial charge on any atom is 0.229 e. The zero-order valence-electron chi connectivity index (χ0n) is 12.1. The second-order valence-corrected chi connectivity index (χ2v) is 5.78. The molecule has 0 aliphatic heterocycles. The summed E-state index contributed by atoms with van der Waals surface area (Å²) in [5.74, 6) is 0.0232. The number of hydrogen-bond donors (Lipinski definition) is 2. The lowest BCUT2D eigenvalue weighted by Gasteiger charge is -2.09. The summed E-state index contributed by atoms with van der Waals surface area (Å²) in [6, 6.07) is 17.3. The molecule has 4 nitrogen and oxygen atoms in total. The van der Waals surface area contributed by atoms with E-state index in [-0.39, 0.29) is 5.82 Å². The van der Waals surface area contributed by atoms with Crippen LogP contribution in [0.5, 0.6) is 0 Å². The van der Waals surface area contributed by atoms with Crippen LogP contribution in [0.15, 0.2) is 65.3 Å². The van der Waals surface area contributed by atoms with Gasteiger partial charge in [0.05, 0.1) is 6.20 Å². The van der Waals surface area contributed by atoms with Gasteiger partial charge in [-0.1, -0.05) is 46.3 Å². The van der Waals surface area contributed by atoms with Gasteiger partial charge in [0.1, 0.15) is 0 Å². The van der Waals surface area contributed by atoms with Crippen molar-refractivity contribution in [1.29, 1.82) is 0 Å². The molecule has 2 N–H and O–H groups in total. The molecule has 0 aliphatic rings. The maximum atomic E-state index is 13.8. The summed E-state index contributed by atoms with van der Waals surface area (Å²) in [6.07, 6.45) is 1.15. The number of hydrogen-bond acceptors (Lipinski definition) is 4. The SMILES string of the molecule is Fc1cnc(Nc2ccc(Br)cc2)nc1NCc1ccccc1. The fourth-order valence-corrected chi connectivity index (χ4v) is 2.26. The summed E-state index contributed by atoms with van der Waals surface area (Å²) in [4.78, 5) is 8.15. The molecule has 3 rings (SSSR count). The fraction of sp³-hybridized carbons (Fsp3) is 0.0588. The van der Waals surface area contributed by atoms with Crippen molar-refractivity contribution in [2.75, 3.05) is 10.6 Å². The Hall–Kier alpha value is -2.47. The molecule has 0 spiro atoms. The van der Waals surface area contributed by atoms with Gasteiger partial charge in [-0.05, 0) is 29.8 Å². The normalized spacial score (nSPS) is 10.3. The van der Waals surface area contributed by atoms with Crippen LogP contribution in [-0.2, 0) is 6.54 Å². The van der Waals surface area contributed by atoms with E-state index in [1.807, 2.05) is 54.6 Å². The highest BCUT2D eigenvalue weighted by Gasteiger charge is 2.07. The highest BCUT2D eigenvalue weighted by Crippen LogP contribution is 2.19. The van der Waals surface area contributed by atoms with E-state index >= 15 is 0 Å².